The molecule has 6 nitrogen and oxygen atoms in total. The van der Waals surface area contributed by atoms with Crippen LogP contribution < -0.4 is 15.0 Å². The van der Waals surface area contributed by atoms with Crippen LogP contribution in [0.1, 0.15) is 18.4 Å². The second-order valence-electron chi connectivity index (χ2n) is 6.90. The molecule has 0 aliphatic carbocycles. The Labute approximate surface area is 154 Å². The van der Waals surface area contributed by atoms with Gasteiger partial charge in [-0.25, -0.2) is 4.98 Å². The Morgan fingerprint density at radius 1 is 1.23 bits per heavy atom. The van der Waals surface area contributed by atoms with Crippen LogP contribution in [0.4, 0.5) is 5.82 Å². The first-order valence-corrected chi connectivity index (χ1v) is 9.46. The van der Waals surface area contributed by atoms with Gasteiger partial charge in [-0.05, 0) is 31.0 Å². The van der Waals surface area contributed by atoms with Gasteiger partial charge in [-0.1, -0.05) is 0 Å². The summed E-state index contributed by atoms with van der Waals surface area (Å²) in [5, 5.41) is 4.70. The lowest BCUT2D eigenvalue weighted by Crippen LogP contribution is -2.38. The highest BCUT2D eigenvalue weighted by atomic mass is 16.5. The lowest BCUT2D eigenvalue weighted by molar-refractivity contribution is 0.110. The lowest BCUT2D eigenvalue weighted by Gasteiger charge is -2.30. The second kappa shape index (κ2) is 8.20. The van der Waals surface area contributed by atoms with E-state index in [0.29, 0.717) is 6.10 Å². The van der Waals surface area contributed by atoms with Gasteiger partial charge in [0.1, 0.15) is 11.6 Å². The molecule has 2 aliphatic rings. The topological polar surface area (TPSA) is 55.8 Å². The first kappa shape index (κ1) is 17.5. The van der Waals surface area contributed by atoms with E-state index >= 15 is 0 Å². The van der Waals surface area contributed by atoms with Crippen molar-refractivity contribution in [3.63, 3.8) is 0 Å². The maximum atomic E-state index is 5.71. The van der Waals surface area contributed by atoms with Crippen molar-refractivity contribution < 1.29 is 14.2 Å². The molecular formula is C20H27N3O3. The Morgan fingerprint density at radius 2 is 2.12 bits per heavy atom. The van der Waals surface area contributed by atoms with E-state index in [1.165, 1.54) is 12.0 Å². The van der Waals surface area contributed by atoms with Crippen LogP contribution in [-0.2, 0) is 16.0 Å². The average Bonchev–Trinajstić information content (AvgIpc) is 3.21. The first-order valence-electron chi connectivity index (χ1n) is 9.46. The lowest BCUT2D eigenvalue weighted by atomic mass is 10.1. The standard InChI is InChI=1S/C20H27N3O3/c1-24-17-5-4-15-11-16(13-21-14-18-3-2-8-26-18)20(22-19(15)12-17)23-6-9-25-10-7-23/h4-5,11-12,18,21H,2-3,6-10,13-14H2,1H3. The van der Waals surface area contributed by atoms with Gasteiger partial charge in [-0.15, -0.1) is 0 Å². The summed E-state index contributed by atoms with van der Waals surface area (Å²) < 4.78 is 16.6. The zero-order valence-electron chi connectivity index (χ0n) is 15.4. The SMILES string of the molecule is COc1ccc2cc(CNCC3CCCO3)c(N3CCOCC3)nc2c1. The number of hydrogen-bond donors (Lipinski definition) is 1. The van der Waals surface area contributed by atoms with Crippen molar-refractivity contribution in [3.8, 4) is 5.75 Å². The molecule has 140 valence electrons. The molecule has 2 aromatic rings. The Morgan fingerprint density at radius 3 is 2.88 bits per heavy atom. The third kappa shape index (κ3) is 3.92. The molecule has 26 heavy (non-hydrogen) atoms. The summed E-state index contributed by atoms with van der Waals surface area (Å²) in [5.74, 6) is 1.89. The van der Waals surface area contributed by atoms with Crippen molar-refractivity contribution in [2.45, 2.75) is 25.5 Å². The molecule has 3 heterocycles. The fraction of sp³-hybridized carbons (Fsp3) is 0.550. The van der Waals surface area contributed by atoms with Gasteiger partial charge in [-0.3, -0.25) is 0 Å². The number of benzene rings is 1. The molecule has 0 saturated carbocycles. The average molecular weight is 357 g/mol. The van der Waals surface area contributed by atoms with E-state index < -0.39 is 0 Å². The van der Waals surface area contributed by atoms with Crippen LogP contribution in [-0.4, -0.2) is 57.7 Å². The van der Waals surface area contributed by atoms with Crippen LogP contribution in [0.15, 0.2) is 24.3 Å². The quantitative estimate of drug-likeness (QED) is 0.856. The molecule has 0 spiro atoms. The van der Waals surface area contributed by atoms with Crippen molar-refractivity contribution in [2.24, 2.45) is 0 Å². The fourth-order valence-electron chi connectivity index (χ4n) is 3.66. The summed E-state index contributed by atoms with van der Waals surface area (Å²) >= 11 is 0. The minimum atomic E-state index is 0.347. The van der Waals surface area contributed by atoms with E-state index in [4.69, 9.17) is 19.2 Å². The highest BCUT2D eigenvalue weighted by Crippen LogP contribution is 2.27. The Kier molecular flexibility index (Phi) is 5.53. The van der Waals surface area contributed by atoms with Gasteiger partial charge in [0.25, 0.3) is 0 Å². The molecule has 0 amide bonds. The molecule has 0 radical (unpaired) electrons. The number of rotatable bonds is 6. The summed E-state index contributed by atoms with van der Waals surface area (Å²) in [5.41, 5.74) is 2.19. The molecule has 6 heteroatoms. The highest BCUT2D eigenvalue weighted by molar-refractivity contribution is 5.83. The number of methoxy groups -OCH3 is 1. The summed E-state index contributed by atoms with van der Waals surface area (Å²) in [4.78, 5) is 7.30. The maximum Gasteiger partial charge on any atom is 0.133 e. The van der Waals surface area contributed by atoms with Crippen molar-refractivity contribution in [2.75, 3.05) is 51.5 Å². The van der Waals surface area contributed by atoms with Crippen LogP contribution in [0, 0.1) is 0 Å². The maximum absolute atomic E-state index is 5.71. The molecule has 1 aromatic carbocycles. The third-order valence-corrected chi connectivity index (χ3v) is 5.10. The van der Waals surface area contributed by atoms with Gasteiger partial charge in [0, 0.05) is 49.8 Å². The molecule has 1 unspecified atom stereocenters. The van der Waals surface area contributed by atoms with Crippen LogP contribution in [0.2, 0.25) is 0 Å². The number of nitrogens with zero attached hydrogens (tertiary/aromatic N) is 2. The normalized spacial score (nSPS) is 20.7. The van der Waals surface area contributed by atoms with E-state index in [2.05, 4.69) is 22.3 Å². The minimum absolute atomic E-state index is 0.347. The summed E-state index contributed by atoms with van der Waals surface area (Å²) in [7, 11) is 1.69. The Balaban J connectivity index is 1.59. The second-order valence-corrected chi connectivity index (χ2v) is 6.90. The molecule has 1 atom stereocenters. The number of anilines is 1. The molecule has 1 N–H and O–H groups in total. The third-order valence-electron chi connectivity index (χ3n) is 5.10. The van der Waals surface area contributed by atoms with E-state index in [1.54, 1.807) is 7.11 Å². The van der Waals surface area contributed by atoms with Gasteiger partial charge >= 0.3 is 0 Å². The minimum Gasteiger partial charge on any atom is -0.497 e. The van der Waals surface area contributed by atoms with Crippen LogP contribution >= 0.6 is 0 Å². The van der Waals surface area contributed by atoms with Crippen LogP contribution in [0.25, 0.3) is 10.9 Å². The number of morpholine rings is 1. The predicted molar refractivity (Wildman–Crippen MR) is 102 cm³/mol. The molecule has 2 aliphatic heterocycles. The zero-order valence-corrected chi connectivity index (χ0v) is 15.4. The molecule has 0 bridgehead atoms. The van der Waals surface area contributed by atoms with Crippen molar-refractivity contribution >= 4 is 16.7 Å². The highest BCUT2D eigenvalue weighted by Gasteiger charge is 2.19. The number of ether oxygens (including phenoxy) is 3. The molecule has 2 saturated heterocycles. The Bertz CT molecular complexity index is 740. The number of hydrogen-bond acceptors (Lipinski definition) is 6. The Hall–Kier alpha value is -1.89. The molecular weight excluding hydrogens is 330 g/mol. The van der Waals surface area contributed by atoms with Crippen molar-refractivity contribution in [1.82, 2.24) is 10.3 Å². The van der Waals surface area contributed by atoms with Gasteiger partial charge in [0.05, 0.1) is 31.9 Å². The van der Waals surface area contributed by atoms with Gasteiger partial charge in [-0.2, -0.15) is 0 Å². The van der Waals surface area contributed by atoms with Gasteiger partial charge in [0.15, 0.2) is 0 Å². The van der Waals surface area contributed by atoms with Crippen LogP contribution in [0.3, 0.4) is 0 Å². The number of aromatic nitrogens is 1. The number of pyridine rings is 1. The predicted octanol–water partition coefficient (Wildman–Crippen LogP) is 2.35. The fourth-order valence-corrected chi connectivity index (χ4v) is 3.66. The first-order chi connectivity index (χ1) is 12.8. The van der Waals surface area contributed by atoms with Crippen LogP contribution in [0.5, 0.6) is 5.75 Å². The van der Waals surface area contributed by atoms with E-state index in [1.807, 2.05) is 12.1 Å². The monoisotopic (exact) mass is 357 g/mol. The molecule has 4 rings (SSSR count). The largest absolute Gasteiger partial charge is 0.497 e. The summed E-state index contributed by atoms with van der Waals surface area (Å²) in [6.07, 6.45) is 2.67. The van der Waals surface area contributed by atoms with E-state index in [0.717, 1.165) is 74.9 Å². The van der Waals surface area contributed by atoms with E-state index in [-0.39, 0.29) is 0 Å². The van der Waals surface area contributed by atoms with Crippen molar-refractivity contribution in [1.29, 1.82) is 0 Å². The van der Waals surface area contributed by atoms with Crippen molar-refractivity contribution in [3.05, 3.63) is 29.8 Å². The van der Waals surface area contributed by atoms with Gasteiger partial charge < -0.3 is 24.4 Å². The smallest absolute Gasteiger partial charge is 0.133 e. The number of fused-ring (bicyclic) bond motifs is 1. The molecule has 2 fully saturated rings. The zero-order chi connectivity index (χ0) is 17.8. The summed E-state index contributed by atoms with van der Waals surface area (Å²) in [6, 6.07) is 8.31. The summed E-state index contributed by atoms with van der Waals surface area (Å²) in [6.45, 7) is 5.83. The van der Waals surface area contributed by atoms with E-state index in [9.17, 15) is 0 Å². The van der Waals surface area contributed by atoms with Gasteiger partial charge in [0.2, 0.25) is 0 Å². The number of nitrogens with one attached hydrogen (secondary N) is 1. The molecule has 1 aromatic heterocycles.